The minimum atomic E-state index is -0.0394. The van der Waals surface area contributed by atoms with Gasteiger partial charge in [-0.2, -0.15) is 0 Å². The first kappa shape index (κ1) is 19.4. The number of rotatable bonds is 4. The summed E-state index contributed by atoms with van der Waals surface area (Å²) in [5, 5.41) is 8.55. The second-order valence-electron chi connectivity index (χ2n) is 6.44. The first-order chi connectivity index (χ1) is 14.7. The largest absolute Gasteiger partial charge is 0.411 e. The van der Waals surface area contributed by atoms with Crippen molar-refractivity contribution in [3.05, 3.63) is 77.3 Å². The fraction of sp³-hybridized carbons (Fsp3) is 0.0455. The zero-order valence-corrected chi connectivity index (χ0v) is 18.7. The number of aromatic nitrogens is 2. The van der Waals surface area contributed by atoms with Crippen LogP contribution in [0.2, 0.25) is 0 Å². The molecule has 0 spiro atoms. The Labute approximate surface area is 190 Å². The molecule has 5 rings (SSSR count). The van der Waals surface area contributed by atoms with Crippen molar-refractivity contribution < 1.29 is 9.21 Å². The molecule has 1 aliphatic rings. The summed E-state index contributed by atoms with van der Waals surface area (Å²) in [6, 6.07) is 23.5. The van der Waals surface area contributed by atoms with Gasteiger partial charge in [0.05, 0.1) is 17.1 Å². The van der Waals surface area contributed by atoms with Crippen molar-refractivity contribution in [2.24, 2.45) is 0 Å². The number of benzene rings is 3. The monoisotopic (exact) mass is 495 g/mol. The second-order valence-corrected chi connectivity index (χ2v) is 9.36. The molecule has 0 unspecified atom stereocenters. The van der Waals surface area contributed by atoms with Crippen LogP contribution >= 0.6 is 39.5 Å². The van der Waals surface area contributed by atoms with E-state index in [0.29, 0.717) is 11.1 Å². The summed E-state index contributed by atoms with van der Waals surface area (Å²) in [5.74, 6) is 0.576. The lowest BCUT2D eigenvalue weighted by molar-refractivity contribution is -0.115. The maximum atomic E-state index is 13.2. The van der Waals surface area contributed by atoms with Crippen molar-refractivity contribution in [1.29, 1.82) is 0 Å². The molecular weight excluding hydrogens is 482 g/mol. The Morgan fingerprint density at radius 1 is 0.967 bits per heavy atom. The van der Waals surface area contributed by atoms with Crippen molar-refractivity contribution in [2.75, 3.05) is 10.7 Å². The average Bonchev–Trinajstić information content (AvgIpc) is 3.25. The quantitative estimate of drug-likeness (QED) is 0.304. The highest BCUT2D eigenvalue weighted by atomic mass is 79.9. The van der Waals surface area contributed by atoms with Crippen molar-refractivity contribution in [2.45, 2.75) is 15.0 Å². The Morgan fingerprint density at radius 3 is 2.37 bits per heavy atom. The number of hydrogen-bond acceptors (Lipinski definition) is 6. The molecule has 4 aromatic rings. The molecule has 0 saturated heterocycles. The van der Waals surface area contributed by atoms with Crippen molar-refractivity contribution in [3.63, 3.8) is 0 Å². The van der Waals surface area contributed by atoms with Gasteiger partial charge in [0.15, 0.2) is 0 Å². The van der Waals surface area contributed by atoms with Gasteiger partial charge in [0, 0.05) is 19.8 Å². The third-order valence-corrected chi connectivity index (χ3v) is 6.91. The van der Waals surface area contributed by atoms with E-state index < -0.39 is 0 Å². The summed E-state index contributed by atoms with van der Waals surface area (Å²) in [5.41, 5.74) is 2.62. The van der Waals surface area contributed by atoms with Gasteiger partial charge < -0.3 is 4.42 Å². The molecule has 0 bridgehead atoms. The van der Waals surface area contributed by atoms with Gasteiger partial charge in [-0.1, -0.05) is 69.8 Å². The Bertz CT molecular complexity index is 1200. The normalized spacial score (nSPS) is 12.4. The molecule has 0 fully saturated rings. The number of thioether (sulfide) groups is 1. The van der Waals surface area contributed by atoms with E-state index in [-0.39, 0.29) is 11.7 Å². The predicted molar refractivity (Wildman–Crippen MR) is 122 cm³/mol. The highest BCUT2D eigenvalue weighted by Crippen LogP contribution is 2.48. The third kappa shape index (κ3) is 3.78. The standard InChI is InChI=1S/C22H14BrN3O2S2/c23-15-7-5-6-14(12-15)21-24-25-22(28-21)29-13-20(27)26-16-8-1-3-10-18(16)30-19-11-4-2-9-17(19)26/h1-12H,13H2. The van der Waals surface area contributed by atoms with Crippen LogP contribution in [-0.4, -0.2) is 21.9 Å². The minimum Gasteiger partial charge on any atom is -0.411 e. The molecule has 1 aromatic heterocycles. The number of amides is 1. The molecule has 1 amide bonds. The number of para-hydroxylation sites is 2. The molecule has 2 heterocycles. The summed E-state index contributed by atoms with van der Waals surface area (Å²) < 4.78 is 6.68. The van der Waals surface area contributed by atoms with E-state index in [1.165, 1.54) is 11.8 Å². The Balaban J connectivity index is 1.37. The maximum Gasteiger partial charge on any atom is 0.277 e. The minimum absolute atomic E-state index is 0.0394. The number of halogens is 1. The van der Waals surface area contributed by atoms with Crippen molar-refractivity contribution in [1.82, 2.24) is 10.2 Å². The Morgan fingerprint density at radius 2 is 1.67 bits per heavy atom. The third-order valence-electron chi connectivity index (χ3n) is 4.48. The fourth-order valence-corrected chi connectivity index (χ4v) is 5.24. The van der Waals surface area contributed by atoms with Crippen molar-refractivity contribution in [3.8, 4) is 11.5 Å². The van der Waals surface area contributed by atoms with Crippen LogP contribution in [0.4, 0.5) is 11.4 Å². The summed E-state index contributed by atoms with van der Waals surface area (Å²) in [7, 11) is 0. The van der Waals surface area contributed by atoms with E-state index in [1.807, 2.05) is 72.8 Å². The lowest BCUT2D eigenvalue weighted by atomic mass is 10.2. The van der Waals surface area contributed by atoms with E-state index in [0.717, 1.165) is 31.2 Å². The average molecular weight is 496 g/mol. The van der Waals surface area contributed by atoms with Crippen LogP contribution in [0.5, 0.6) is 0 Å². The summed E-state index contributed by atoms with van der Waals surface area (Å²) >= 11 is 6.36. The smallest absolute Gasteiger partial charge is 0.277 e. The zero-order valence-electron chi connectivity index (χ0n) is 15.5. The van der Waals surface area contributed by atoms with Crippen LogP contribution in [0, 0.1) is 0 Å². The van der Waals surface area contributed by atoms with Gasteiger partial charge in [0.25, 0.3) is 5.22 Å². The van der Waals surface area contributed by atoms with E-state index in [4.69, 9.17) is 4.42 Å². The first-order valence-corrected chi connectivity index (χ1v) is 11.7. The summed E-state index contributed by atoms with van der Waals surface area (Å²) in [6.45, 7) is 0. The SMILES string of the molecule is O=C(CSc1nnc(-c2cccc(Br)c2)o1)N1c2ccccc2Sc2ccccc21. The van der Waals surface area contributed by atoms with Crippen molar-refractivity contribution >= 4 is 56.7 Å². The first-order valence-electron chi connectivity index (χ1n) is 9.10. The molecule has 3 aromatic carbocycles. The molecule has 5 nitrogen and oxygen atoms in total. The van der Waals surface area contributed by atoms with Gasteiger partial charge in [0.2, 0.25) is 11.8 Å². The molecule has 0 radical (unpaired) electrons. The molecule has 0 N–H and O–H groups in total. The van der Waals surface area contributed by atoms with Gasteiger partial charge in [-0.3, -0.25) is 9.69 Å². The van der Waals surface area contributed by atoms with Gasteiger partial charge in [-0.25, -0.2) is 0 Å². The lowest BCUT2D eigenvalue weighted by Gasteiger charge is -2.30. The molecule has 0 atom stereocenters. The molecule has 30 heavy (non-hydrogen) atoms. The molecular formula is C22H14BrN3O2S2. The molecule has 148 valence electrons. The van der Waals surface area contributed by atoms with Crippen LogP contribution in [0.25, 0.3) is 11.5 Å². The van der Waals surface area contributed by atoms with Gasteiger partial charge in [0.1, 0.15) is 0 Å². The fourth-order valence-electron chi connectivity index (χ4n) is 3.17. The predicted octanol–water partition coefficient (Wildman–Crippen LogP) is 6.42. The van der Waals surface area contributed by atoms with Crippen LogP contribution in [0.3, 0.4) is 0 Å². The molecule has 0 aliphatic carbocycles. The number of hydrogen-bond donors (Lipinski definition) is 0. The van der Waals surface area contributed by atoms with E-state index >= 15 is 0 Å². The van der Waals surface area contributed by atoms with Crippen LogP contribution in [-0.2, 0) is 4.79 Å². The van der Waals surface area contributed by atoms with E-state index in [2.05, 4.69) is 26.1 Å². The lowest BCUT2D eigenvalue weighted by Crippen LogP contribution is -2.29. The zero-order chi connectivity index (χ0) is 20.5. The second kappa shape index (κ2) is 8.29. The summed E-state index contributed by atoms with van der Waals surface area (Å²) in [6.07, 6.45) is 0. The molecule has 1 aliphatic heterocycles. The highest BCUT2D eigenvalue weighted by Gasteiger charge is 2.28. The number of anilines is 2. The number of nitrogens with zero attached hydrogens (tertiary/aromatic N) is 3. The van der Waals surface area contributed by atoms with E-state index in [9.17, 15) is 4.79 Å². The van der Waals surface area contributed by atoms with Crippen LogP contribution in [0.15, 0.2) is 96.7 Å². The van der Waals surface area contributed by atoms with Crippen LogP contribution < -0.4 is 4.90 Å². The van der Waals surface area contributed by atoms with E-state index in [1.54, 1.807) is 16.7 Å². The number of carbonyl (C=O) groups is 1. The van der Waals surface area contributed by atoms with Gasteiger partial charge in [-0.15, -0.1) is 10.2 Å². The number of carbonyl (C=O) groups excluding carboxylic acids is 1. The van der Waals surface area contributed by atoms with Gasteiger partial charge in [-0.05, 0) is 42.5 Å². The van der Waals surface area contributed by atoms with Gasteiger partial charge >= 0.3 is 0 Å². The Kier molecular flexibility index (Phi) is 5.37. The Hall–Kier alpha value is -2.55. The highest BCUT2D eigenvalue weighted by molar-refractivity contribution is 9.10. The number of fused-ring (bicyclic) bond motifs is 2. The topological polar surface area (TPSA) is 59.2 Å². The van der Waals surface area contributed by atoms with Crippen LogP contribution in [0.1, 0.15) is 0 Å². The summed E-state index contributed by atoms with van der Waals surface area (Å²) in [4.78, 5) is 17.1. The maximum absolute atomic E-state index is 13.2. The molecule has 0 saturated carbocycles. The molecule has 8 heteroatoms.